The predicted molar refractivity (Wildman–Crippen MR) is 60.3 cm³/mol. The summed E-state index contributed by atoms with van der Waals surface area (Å²) in [4.78, 5) is 10.6. The number of ether oxygens (including phenoxy) is 2. The first-order chi connectivity index (χ1) is 7.54. The summed E-state index contributed by atoms with van der Waals surface area (Å²) in [7, 11) is 1.55. The predicted octanol–water partition coefficient (Wildman–Crippen LogP) is 0.579. The van der Waals surface area contributed by atoms with Crippen molar-refractivity contribution in [3.8, 4) is 11.5 Å². The largest absolute Gasteiger partial charge is 0.497 e. The molecule has 0 radical (unpaired) electrons. The molecule has 5 heteroatoms. The van der Waals surface area contributed by atoms with Crippen LogP contribution in [0.4, 0.5) is 0 Å². The van der Waals surface area contributed by atoms with Gasteiger partial charge < -0.3 is 20.9 Å². The Morgan fingerprint density at radius 2 is 2.19 bits per heavy atom. The molecular formula is C11H16N2O3. The van der Waals surface area contributed by atoms with Crippen LogP contribution in [0.25, 0.3) is 0 Å². The maximum absolute atomic E-state index is 10.6. The smallest absolute Gasteiger partial charge is 0.255 e. The van der Waals surface area contributed by atoms with Gasteiger partial charge in [0.1, 0.15) is 11.5 Å². The summed E-state index contributed by atoms with van der Waals surface area (Å²) in [5.41, 5.74) is 11.6. The summed E-state index contributed by atoms with van der Waals surface area (Å²) >= 11 is 0. The molecule has 0 saturated heterocycles. The zero-order valence-electron chi connectivity index (χ0n) is 9.40. The van der Waals surface area contributed by atoms with Crippen LogP contribution in [0.15, 0.2) is 18.2 Å². The average Bonchev–Trinajstić information content (AvgIpc) is 2.25. The molecule has 0 unspecified atom stereocenters. The van der Waals surface area contributed by atoms with Crippen molar-refractivity contribution in [1.82, 2.24) is 0 Å². The van der Waals surface area contributed by atoms with E-state index in [-0.39, 0.29) is 12.6 Å². The van der Waals surface area contributed by atoms with Gasteiger partial charge in [-0.1, -0.05) is 6.07 Å². The van der Waals surface area contributed by atoms with Crippen molar-refractivity contribution in [2.24, 2.45) is 11.5 Å². The lowest BCUT2D eigenvalue weighted by Crippen LogP contribution is -2.21. The van der Waals surface area contributed by atoms with E-state index in [2.05, 4.69) is 0 Å². The molecule has 0 saturated carbocycles. The second-order valence-electron chi connectivity index (χ2n) is 3.45. The third-order valence-electron chi connectivity index (χ3n) is 2.08. The zero-order chi connectivity index (χ0) is 12.1. The van der Waals surface area contributed by atoms with Gasteiger partial charge in [0.25, 0.3) is 5.91 Å². The van der Waals surface area contributed by atoms with Crippen LogP contribution in [0.3, 0.4) is 0 Å². The van der Waals surface area contributed by atoms with Crippen LogP contribution >= 0.6 is 0 Å². The Bertz CT molecular complexity index is 377. The van der Waals surface area contributed by atoms with E-state index in [1.54, 1.807) is 25.3 Å². The fourth-order valence-electron chi connectivity index (χ4n) is 1.29. The highest BCUT2D eigenvalue weighted by Crippen LogP contribution is 2.28. The maximum atomic E-state index is 10.6. The molecule has 4 N–H and O–H groups in total. The molecule has 88 valence electrons. The highest BCUT2D eigenvalue weighted by molar-refractivity contribution is 5.75. The molecule has 0 fully saturated rings. The average molecular weight is 224 g/mol. The minimum atomic E-state index is -0.529. The second kappa shape index (κ2) is 5.37. The van der Waals surface area contributed by atoms with Crippen LogP contribution < -0.4 is 20.9 Å². The molecule has 1 amide bonds. The van der Waals surface area contributed by atoms with Crippen LogP contribution in [0.2, 0.25) is 0 Å². The molecular weight excluding hydrogens is 208 g/mol. The number of carbonyl (C=O) groups is 1. The highest BCUT2D eigenvalue weighted by atomic mass is 16.5. The van der Waals surface area contributed by atoms with Gasteiger partial charge in [0, 0.05) is 17.7 Å². The summed E-state index contributed by atoms with van der Waals surface area (Å²) in [5.74, 6) is 0.635. The number of hydrogen-bond donors (Lipinski definition) is 2. The minimum absolute atomic E-state index is 0.174. The number of benzene rings is 1. The van der Waals surface area contributed by atoms with E-state index in [0.29, 0.717) is 11.5 Å². The van der Waals surface area contributed by atoms with Gasteiger partial charge in [-0.25, -0.2) is 0 Å². The fourth-order valence-corrected chi connectivity index (χ4v) is 1.29. The van der Waals surface area contributed by atoms with Crippen molar-refractivity contribution in [3.63, 3.8) is 0 Å². The summed E-state index contributed by atoms with van der Waals surface area (Å²) in [6, 6.07) is 5.09. The van der Waals surface area contributed by atoms with E-state index in [1.165, 1.54) is 0 Å². The normalized spacial score (nSPS) is 11.9. The molecule has 0 bridgehead atoms. The molecule has 0 aliphatic rings. The van der Waals surface area contributed by atoms with Gasteiger partial charge in [-0.05, 0) is 13.0 Å². The van der Waals surface area contributed by atoms with Gasteiger partial charge >= 0.3 is 0 Å². The Hall–Kier alpha value is -1.75. The number of hydrogen-bond acceptors (Lipinski definition) is 4. The molecule has 1 aromatic rings. The molecule has 0 aromatic heterocycles. The Morgan fingerprint density at radius 3 is 2.69 bits per heavy atom. The van der Waals surface area contributed by atoms with Gasteiger partial charge in [-0.2, -0.15) is 0 Å². The van der Waals surface area contributed by atoms with Crippen molar-refractivity contribution < 1.29 is 14.3 Å². The number of methoxy groups -OCH3 is 1. The number of carbonyl (C=O) groups excluding carboxylic acids is 1. The number of amides is 1. The SMILES string of the molecule is COc1ccc([C@@H](C)N)c(OCC(N)=O)c1. The number of rotatable bonds is 5. The Morgan fingerprint density at radius 1 is 1.50 bits per heavy atom. The number of nitrogens with two attached hydrogens (primary N) is 2. The maximum Gasteiger partial charge on any atom is 0.255 e. The minimum Gasteiger partial charge on any atom is -0.497 e. The van der Waals surface area contributed by atoms with Crippen LogP contribution in [0.5, 0.6) is 11.5 Å². The fraction of sp³-hybridized carbons (Fsp3) is 0.364. The topological polar surface area (TPSA) is 87.6 Å². The molecule has 1 atom stereocenters. The summed E-state index contributed by atoms with van der Waals surface area (Å²) < 4.78 is 10.3. The lowest BCUT2D eigenvalue weighted by atomic mass is 10.1. The Balaban J connectivity index is 2.95. The van der Waals surface area contributed by atoms with Gasteiger partial charge in [0.05, 0.1) is 7.11 Å². The van der Waals surface area contributed by atoms with Crippen molar-refractivity contribution in [2.75, 3.05) is 13.7 Å². The first-order valence-electron chi connectivity index (χ1n) is 4.89. The van der Waals surface area contributed by atoms with Crippen LogP contribution in [0, 0.1) is 0 Å². The third kappa shape index (κ3) is 3.13. The van der Waals surface area contributed by atoms with E-state index in [9.17, 15) is 4.79 Å². The lowest BCUT2D eigenvalue weighted by Gasteiger charge is -2.14. The molecule has 0 spiro atoms. The van der Waals surface area contributed by atoms with E-state index in [1.807, 2.05) is 6.92 Å². The van der Waals surface area contributed by atoms with Gasteiger partial charge in [0.15, 0.2) is 6.61 Å². The molecule has 5 nitrogen and oxygen atoms in total. The molecule has 0 aliphatic heterocycles. The van der Waals surface area contributed by atoms with Crippen molar-refractivity contribution in [3.05, 3.63) is 23.8 Å². The number of primary amides is 1. The van der Waals surface area contributed by atoms with Gasteiger partial charge in [0.2, 0.25) is 0 Å². The molecule has 0 aliphatic carbocycles. The molecule has 0 heterocycles. The van der Waals surface area contributed by atoms with Crippen LogP contribution in [-0.2, 0) is 4.79 Å². The third-order valence-corrected chi connectivity index (χ3v) is 2.08. The highest BCUT2D eigenvalue weighted by Gasteiger charge is 2.10. The first kappa shape index (κ1) is 12.3. The van der Waals surface area contributed by atoms with Gasteiger partial charge in [-0.3, -0.25) is 4.79 Å². The van der Waals surface area contributed by atoms with E-state index in [0.717, 1.165) is 5.56 Å². The lowest BCUT2D eigenvalue weighted by molar-refractivity contribution is -0.119. The van der Waals surface area contributed by atoms with Crippen molar-refractivity contribution in [2.45, 2.75) is 13.0 Å². The summed E-state index contributed by atoms with van der Waals surface area (Å²) in [6.45, 7) is 1.66. The Kier molecular flexibility index (Phi) is 4.13. The first-order valence-corrected chi connectivity index (χ1v) is 4.89. The monoisotopic (exact) mass is 224 g/mol. The summed E-state index contributed by atoms with van der Waals surface area (Å²) in [6.07, 6.45) is 0. The summed E-state index contributed by atoms with van der Waals surface area (Å²) in [5, 5.41) is 0. The van der Waals surface area contributed by atoms with Gasteiger partial charge in [-0.15, -0.1) is 0 Å². The van der Waals surface area contributed by atoms with Crippen molar-refractivity contribution >= 4 is 5.91 Å². The quantitative estimate of drug-likeness (QED) is 0.765. The molecule has 16 heavy (non-hydrogen) atoms. The van der Waals surface area contributed by atoms with E-state index >= 15 is 0 Å². The molecule has 1 rings (SSSR count). The van der Waals surface area contributed by atoms with Crippen molar-refractivity contribution in [1.29, 1.82) is 0 Å². The van der Waals surface area contributed by atoms with E-state index < -0.39 is 5.91 Å². The van der Waals surface area contributed by atoms with Crippen LogP contribution in [-0.4, -0.2) is 19.6 Å². The van der Waals surface area contributed by atoms with Crippen LogP contribution in [0.1, 0.15) is 18.5 Å². The Labute approximate surface area is 94.3 Å². The standard InChI is InChI=1S/C11H16N2O3/c1-7(12)9-4-3-8(15-2)5-10(9)16-6-11(13)14/h3-5,7H,6,12H2,1-2H3,(H2,13,14)/t7-/m1/s1. The zero-order valence-corrected chi connectivity index (χ0v) is 9.40. The second-order valence-corrected chi connectivity index (χ2v) is 3.45. The van der Waals surface area contributed by atoms with E-state index in [4.69, 9.17) is 20.9 Å². The molecule has 1 aromatic carbocycles.